The summed E-state index contributed by atoms with van der Waals surface area (Å²) < 4.78 is 5.27. The van der Waals surface area contributed by atoms with Crippen LogP contribution in [0.2, 0.25) is 0 Å². The second kappa shape index (κ2) is 5.92. The van der Waals surface area contributed by atoms with Crippen LogP contribution in [0.5, 0.6) is 0 Å². The molecule has 0 radical (unpaired) electrons. The van der Waals surface area contributed by atoms with Crippen LogP contribution in [-0.2, 0) is 11.2 Å². The molecule has 2 aliphatic rings. The molecule has 2 aromatic rings. The fourth-order valence-corrected chi connectivity index (χ4v) is 4.00. The molecule has 1 fully saturated rings. The molecular weight excluding hydrogens is 316 g/mol. The average Bonchev–Trinajstić information content (AvgIpc) is 3.32. The Kier molecular flexibility index (Phi) is 3.72. The third-order valence-electron chi connectivity index (χ3n) is 5.23. The molecule has 25 heavy (non-hydrogen) atoms. The molecule has 128 valence electrons. The number of hydrogen-bond donors (Lipinski definition) is 0. The van der Waals surface area contributed by atoms with E-state index in [1.165, 1.54) is 0 Å². The first-order valence-electron chi connectivity index (χ1n) is 8.64. The third-order valence-corrected chi connectivity index (χ3v) is 5.23. The number of nitrogens with zero attached hydrogens (tertiary/aromatic N) is 4. The standard InChI is InChI=1S/C19H20N4O2/c1-12-18(13(2)25-21-12)15-5-6-16-14(10-15)7-9-23(16)19(24)17-4-3-8-22(17)11-20/h5-6,10,17H,3-4,7-9H2,1-2H3/t17-/m0/s1. The van der Waals surface area contributed by atoms with Crippen molar-refractivity contribution in [3.8, 4) is 17.3 Å². The number of likely N-dealkylation sites (tertiary alicyclic amines) is 1. The van der Waals surface area contributed by atoms with E-state index in [1.807, 2.05) is 30.9 Å². The maximum atomic E-state index is 12.9. The monoisotopic (exact) mass is 336 g/mol. The molecule has 0 N–H and O–H groups in total. The Balaban J connectivity index is 1.64. The van der Waals surface area contributed by atoms with Crippen LogP contribution in [0.25, 0.3) is 11.1 Å². The fraction of sp³-hybridized carbons (Fsp3) is 0.421. The van der Waals surface area contributed by atoms with Gasteiger partial charge in [0.2, 0.25) is 5.91 Å². The largest absolute Gasteiger partial charge is 0.361 e. The number of aromatic nitrogens is 1. The van der Waals surface area contributed by atoms with E-state index in [-0.39, 0.29) is 11.9 Å². The predicted octanol–water partition coefficient (Wildman–Crippen LogP) is 2.79. The Labute approximate surface area is 146 Å². The lowest BCUT2D eigenvalue weighted by atomic mass is 10.0. The summed E-state index contributed by atoms with van der Waals surface area (Å²) in [5.41, 5.74) is 5.10. The van der Waals surface area contributed by atoms with Crippen molar-refractivity contribution in [2.24, 2.45) is 0 Å². The highest BCUT2D eigenvalue weighted by molar-refractivity contribution is 5.99. The van der Waals surface area contributed by atoms with Gasteiger partial charge >= 0.3 is 0 Å². The summed E-state index contributed by atoms with van der Waals surface area (Å²) >= 11 is 0. The average molecular weight is 336 g/mol. The molecule has 0 aliphatic carbocycles. The predicted molar refractivity (Wildman–Crippen MR) is 92.8 cm³/mol. The maximum Gasteiger partial charge on any atom is 0.250 e. The van der Waals surface area contributed by atoms with Gasteiger partial charge in [0.1, 0.15) is 11.8 Å². The summed E-state index contributed by atoms with van der Waals surface area (Å²) in [7, 11) is 0. The summed E-state index contributed by atoms with van der Waals surface area (Å²) in [6, 6.07) is 5.85. The van der Waals surface area contributed by atoms with Crippen LogP contribution >= 0.6 is 0 Å². The highest BCUT2D eigenvalue weighted by Crippen LogP contribution is 2.35. The molecule has 1 saturated heterocycles. The number of hydrogen-bond acceptors (Lipinski definition) is 5. The molecule has 2 aliphatic heterocycles. The normalized spacial score (nSPS) is 19.2. The quantitative estimate of drug-likeness (QED) is 0.789. The van der Waals surface area contributed by atoms with Crippen molar-refractivity contribution < 1.29 is 9.32 Å². The molecule has 1 aromatic heterocycles. The zero-order valence-corrected chi connectivity index (χ0v) is 14.5. The van der Waals surface area contributed by atoms with Crippen molar-refractivity contribution in [1.82, 2.24) is 10.1 Å². The van der Waals surface area contributed by atoms with Gasteiger partial charge in [-0.2, -0.15) is 5.26 Å². The van der Waals surface area contributed by atoms with Crippen LogP contribution in [0.3, 0.4) is 0 Å². The van der Waals surface area contributed by atoms with Crippen molar-refractivity contribution >= 4 is 11.6 Å². The first kappa shape index (κ1) is 15.7. The Morgan fingerprint density at radius 2 is 2.20 bits per heavy atom. The zero-order valence-electron chi connectivity index (χ0n) is 14.5. The van der Waals surface area contributed by atoms with E-state index in [0.29, 0.717) is 13.1 Å². The van der Waals surface area contributed by atoms with Crippen LogP contribution in [0.1, 0.15) is 29.9 Å². The molecule has 0 spiro atoms. The van der Waals surface area contributed by atoms with E-state index < -0.39 is 0 Å². The Morgan fingerprint density at radius 3 is 2.92 bits per heavy atom. The van der Waals surface area contributed by atoms with E-state index >= 15 is 0 Å². The summed E-state index contributed by atoms with van der Waals surface area (Å²) in [6.45, 7) is 5.20. The molecule has 6 heteroatoms. The van der Waals surface area contributed by atoms with Crippen LogP contribution in [0.15, 0.2) is 22.7 Å². The highest BCUT2D eigenvalue weighted by atomic mass is 16.5. The van der Waals surface area contributed by atoms with Gasteiger partial charge in [-0.05, 0) is 56.4 Å². The molecule has 4 rings (SSSR count). The molecule has 1 amide bonds. The molecule has 0 unspecified atom stereocenters. The number of aryl methyl sites for hydroxylation is 2. The molecular formula is C19H20N4O2. The Morgan fingerprint density at radius 1 is 1.36 bits per heavy atom. The Bertz CT molecular complexity index is 861. The lowest BCUT2D eigenvalue weighted by molar-refractivity contribution is -0.121. The van der Waals surface area contributed by atoms with Crippen LogP contribution in [0.4, 0.5) is 5.69 Å². The molecule has 0 saturated carbocycles. The smallest absolute Gasteiger partial charge is 0.250 e. The molecule has 1 atom stereocenters. The van der Waals surface area contributed by atoms with Gasteiger partial charge < -0.3 is 9.42 Å². The van der Waals surface area contributed by atoms with Crippen molar-refractivity contribution in [1.29, 1.82) is 5.26 Å². The fourth-order valence-electron chi connectivity index (χ4n) is 4.00. The molecule has 3 heterocycles. The second-order valence-corrected chi connectivity index (χ2v) is 6.73. The van der Waals surface area contributed by atoms with Gasteiger partial charge in [-0.15, -0.1) is 0 Å². The lowest BCUT2D eigenvalue weighted by Gasteiger charge is -2.24. The highest BCUT2D eigenvalue weighted by Gasteiger charge is 2.36. The van der Waals surface area contributed by atoms with Gasteiger partial charge in [0, 0.05) is 24.3 Å². The first-order chi connectivity index (χ1) is 12.1. The Hall–Kier alpha value is -2.81. The second-order valence-electron chi connectivity index (χ2n) is 6.73. The van der Waals surface area contributed by atoms with E-state index in [0.717, 1.165) is 53.1 Å². The molecule has 0 bridgehead atoms. The number of fused-ring (bicyclic) bond motifs is 1. The van der Waals surface area contributed by atoms with Gasteiger partial charge in [-0.3, -0.25) is 9.69 Å². The molecule has 6 nitrogen and oxygen atoms in total. The summed E-state index contributed by atoms with van der Waals surface area (Å²) in [6.07, 6.45) is 4.64. The van der Waals surface area contributed by atoms with Gasteiger partial charge in [-0.1, -0.05) is 11.2 Å². The third kappa shape index (κ3) is 2.47. The van der Waals surface area contributed by atoms with E-state index in [2.05, 4.69) is 17.4 Å². The number of amides is 1. The summed E-state index contributed by atoms with van der Waals surface area (Å²) in [5.74, 6) is 0.849. The minimum atomic E-state index is -0.307. The number of benzene rings is 1. The number of anilines is 1. The maximum absolute atomic E-state index is 12.9. The van der Waals surface area contributed by atoms with E-state index in [9.17, 15) is 10.1 Å². The number of nitriles is 1. The molecule has 1 aromatic carbocycles. The van der Waals surface area contributed by atoms with Gasteiger partial charge in [-0.25, -0.2) is 0 Å². The van der Waals surface area contributed by atoms with Crippen LogP contribution in [-0.4, -0.2) is 35.1 Å². The lowest BCUT2D eigenvalue weighted by Crippen LogP contribution is -2.43. The van der Waals surface area contributed by atoms with Crippen molar-refractivity contribution in [2.75, 3.05) is 18.0 Å². The first-order valence-corrected chi connectivity index (χ1v) is 8.64. The summed E-state index contributed by atoms with van der Waals surface area (Å²) in [4.78, 5) is 16.4. The van der Waals surface area contributed by atoms with Crippen molar-refractivity contribution in [3.63, 3.8) is 0 Å². The van der Waals surface area contributed by atoms with Crippen LogP contribution < -0.4 is 4.90 Å². The van der Waals surface area contributed by atoms with Gasteiger partial charge in [0.25, 0.3) is 0 Å². The summed E-state index contributed by atoms with van der Waals surface area (Å²) in [5, 5.41) is 13.2. The SMILES string of the molecule is Cc1noc(C)c1-c1ccc2c(c1)CCN2C(=O)[C@@H]1CCCN1C#N. The van der Waals surface area contributed by atoms with Gasteiger partial charge in [0.05, 0.1) is 5.69 Å². The minimum Gasteiger partial charge on any atom is -0.361 e. The number of carbonyl (C=O) groups is 1. The van der Waals surface area contributed by atoms with E-state index in [4.69, 9.17) is 4.52 Å². The number of carbonyl (C=O) groups excluding carboxylic acids is 1. The van der Waals surface area contributed by atoms with Crippen molar-refractivity contribution in [3.05, 3.63) is 35.2 Å². The zero-order chi connectivity index (χ0) is 17.6. The minimum absolute atomic E-state index is 0.0443. The van der Waals surface area contributed by atoms with Crippen LogP contribution in [0, 0.1) is 25.3 Å². The van der Waals surface area contributed by atoms with Gasteiger partial charge in [0.15, 0.2) is 6.19 Å². The van der Waals surface area contributed by atoms with E-state index in [1.54, 1.807) is 4.90 Å². The van der Waals surface area contributed by atoms with Crippen molar-refractivity contribution in [2.45, 2.75) is 39.2 Å². The topological polar surface area (TPSA) is 73.4 Å². The number of rotatable bonds is 2.